The molecule has 3 heteroatoms. The molecule has 0 aliphatic heterocycles. The first-order chi connectivity index (χ1) is 5.27. The monoisotopic (exact) mass is 262 g/mol. The van der Waals surface area contributed by atoms with Crippen LogP contribution in [-0.4, -0.2) is 3.72 Å². The zero-order valence-electron chi connectivity index (χ0n) is 6.34. The highest BCUT2D eigenvalue weighted by Crippen LogP contribution is 1.87. The topological polar surface area (TPSA) is 35.9 Å². The van der Waals surface area contributed by atoms with Gasteiger partial charge in [0.25, 0.3) is 0 Å². The molecule has 0 fully saturated rings. The second-order valence-electron chi connectivity index (χ2n) is 1.73. The fraction of sp³-hybridized carbons (Fsp3) is 0.125. The van der Waals surface area contributed by atoms with Gasteiger partial charge in [-0.3, -0.25) is 5.41 Å². The molecule has 0 heterocycles. The molecule has 0 rings (SSSR count). The molecule has 0 saturated carbocycles. The van der Waals surface area contributed by atoms with Crippen LogP contribution in [-0.2, 0) is 0 Å². The van der Waals surface area contributed by atoms with E-state index in [4.69, 9.17) is 5.41 Å². The van der Waals surface area contributed by atoms with Crippen LogP contribution >= 0.6 is 22.6 Å². The summed E-state index contributed by atoms with van der Waals surface area (Å²) in [6.07, 6.45) is 10.9. The summed E-state index contributed by atoms with van der Waals surface area (Å²) < 4.78 is 0.526. The van der Waals surface area contributed by atoms with Crippen LogP contribution < -0.4 is 5.32 Å². The smallest absolute Gasteiger partial charge is 0.0919 e. The molecule has 0 radical (unpaired) electrons. The van der Waals surface area contributed by atoms with Crippen molar-refractivity contribution in [3.63, 3.8) is 0 Å². The van der Waals surface area contributed by atoms with Gasteiger partial charge >= 0.3 is 0 Å². The molecule has 0 atom stereocenters. The number of halogens is 1. The molecule has 0 spiro atoms. The van der Waals surface area contributed by atoms with Crippen molar-refractivity contribution < 1.29 is 0 Å². The Morgan fingerprint density at radius 3 is 2.64 bits per heavy atom. The van der Waals surface area contributed by atoms with Crippen molar-refractivity contribution in [1.29, 1.82) is 5.41 Å². The first-order valence-electron chi connectivity index (χ1n) is 3.22. The van der Waals surface area contributed by atoms with E-state index in [1.54, 1.807) is 12.3 Å². The molecule has 0 aliphatic carbocycles. The molecular formula is C8H11IN2. The molecule has 0 saturated heterocycles. The SMILES string of the molecule is C/C=C\N/C=C\C=C/C(=N)I. The van der Waals surface area contributed by atoms with E-state index >= 15 is 0 Å². The summed E-state index contributed by atoms with van der Waals surface area (Å²) in [6, 6.07) is 0. The molecule has 60 valence electrons. The largest absolute Gasteiger partial charge is 0.368 e. The van der Waals surface area contributed by atoms with Gasteiger partial charge in [0, 0.05) is 6.20 Å². The lowest BCUT2D eigenvalue weighted by molar-refractivity contribution is 1.19. The Balaban J connectivity index is 3.52. The standard InChI is InChI=1S/C8H11IN2/c1-2-6-11-7-4-3-5-8(9)10/h2-7,10-11H,1H3/b5-3-,6-2-,7-4-,10-8?. The van der Waals surface area contributed by atoms with Gasteiger partial charge in [-0.25, -0.2) is 0 Å². The molecule has 0 bridgehead atoms. The highest BCUT2D eigenvalue weighted by Gasteiger charge is 1.73. The third-order valence-electron chi connectivity index (χ3n) is 0.809. The molecule has 2 nitrogen and oxygen atoms in total. The van der Waals surface area contributed by atoms with Crippen LogP contribution in [0.2, 0.25) is 0 Å². The van der Waals surface area contributed by atoms with E-state index < -0.39 is 0 Å². The van der Waals surface area contributed by atoms with Crippen LogP contribution in [0.15, 0.2) is 36.7 Å². The normalized spacial score (nSPS) is 11.8. The molecule has 0 amide bonds. The van der Waals surface area contributed by atoms with Crippen LogP contribution in [0, 0.1) is 5.41 Å². The van der Waals surface area contributed by atoms with Crippen LogP contribution in [0.3, 0.4) is 0 Å². The number of hydrogen-bond acceptors (Lipinski definition) is 2. The molecule has 2 N–H and O–H groups in total. The number of nitrogens with one attached hydrogen (secondary N) is 2. The van der Waals surface area contributed by atoms with Gasteiger partial charge in [-0.15, -0.1) is 0 Å². The van der Waals surface area contributed by atoms with Crippen molar-refractivity contribution in [1.82, 2.24) is 5.32 Å². The third-order valence-corrected chi connectivity index (χ3v) is 1.17. The minimum atomic E-state index is 0.526. The van der Waals surface area contributed by atoms with Crippen molar-refractivity contribution in [2.75, 3.05) is 0 Å². The van der Waals surface area contributed by atoms with Crippen molar-refractivity contribution in [2.45, 2.75) is 6.92 Å². The highest BCUT2D eigenvalue weighted by atomic mass is 127. The van der Waals surface area contributed by atoms with E-state index in [-0.39, 0.29) is 0 Å². The maximum atomic E-state index is 7.04. The van der Waals surface area contributed by atoms with Crippen molar-refractivity contribution in [2.24, 2.45) is 0 Å². The summed E-state index contributed by atoms with van der Waals surface area (Å²) in [5.74, 6) is 0. The second-order valence-corrected chi connectivity index (χ2v) is 2.90. The Bertz CT molecular complexity index is 192. The maximum Gasteiger partial charge on any atom is 0.0919 e. The first-order valence-corrected chi connectivity index (χ1v) is 4.29. The summed E-state index contributed by atoms with van der Waals surface area (Å²) >= 11 is 1.94. The molecule has 0 unspecified atom stereocenters. The van der Waals surface area contributed by atoms with E-state index in [1.165, 1.54) is 0 Å². The van der Waals surface area contributed by atoms with Gasteiger partial charge in [-0.1, -0.05) is 12.2 Å². The van der Waals surface area contributed by atoms with Gasteiger partial charge in [0.05, 0.1) is 3.72 Å². The Kier molecular flexibility index (Phi) is 7.13. The minimum Gasteiger partial charge on any atom is -0.368 e. The first kappa shape index (κ1) is 10.4. The second kappa shape index (κ2) is 7.53. The zero-order valence-corrected chi connectivity index (χ0v) is 8.50. The van der Waals surface area contributed by atoms with E-state index in [0.29, 0.717) is 3.72 Å². The van der Waals surface area contributed by atoms with Crippen molar-refractivity contribution >= 4 is 26.3 Å². The van der Waals surface area contributed by atoms with Gasteiger partial charge in [0.2, 0.25) is 0 Å². The maximum absolute atomic E-state index is 7.04. The van der Waals surface area contributed by atoms with Crippen LogP contribution in [0.1, 0.15) is 6.92 Å². The molecular weight excluding hydrogens is 251 g/mol. The molecule has 0 aromatic carbocycles. The van der Waals surface area contributed by atoms with Gasteiger partial charge in [0.1, 0.15) is 0 Å². The summed E-state index contributed by atoms with van der Waals surface area (Å²) in [4.78, 5) is 0. The summed E-state index contributed by atoms with van der Waals surface area (Å²) in [5.41, 5.74) is 0. The average molecular weight is 262 g/mol. The summed E-state index contributed by atoms with van der Waals surface area (Å²) in [5, 5.41) is 9.97. The fourth-order valence-corrected chi connectivity index (χ4v) is 0.611. The van der Waals surface area contributed by atoms with Crippen LogP contribution in [0.4, 0.5) is 0 Å². The number of hydrogen-bond donors (Lipinski definition) is 2. The molecule has 0 aromatic rings. The Morgan fingerprint density at radius 2 is 2.09 bits per heavy atom. The van der Waals surface area contributed by atoms with Gasteiger partial charge in [0.15, 0.2) is 0 Å². The van der Waals surface area contributed by atoms with Gasteiger partial charge in [-0.2, -0.15) is 0 Å². The van der Waals surface area contributed by atoms with Gasteiger partial charge in [-0.05, 0) is 47.9 Å². The Morgan fingerprint density at radius 1 is 1.36 bits per heavy atom. The molecule has 0 aliphatic rings. The van der Waals surface area contributed by atoms with Crippen molar-refractivity contribution in [3.05, 3.63) is 36.7 Å². The van der Waals surface area contributed by atoms with Crippen molar-refractivity contribution in [3.8, 4) is 0 Å². The van der Waals surface area contributed by atoms with E-state index in [2.05, 4.69) is 5.32 Å². The third kappa shape index (κ3) is 9.42. The van der Waals surface area contributed by atoms with Gasteiger partial charge < -0.3 is 5.32 Å². The van der Waals surface area contributed by atoms with E-state index in [9.17, 15) is 0 Å². The zero-order chi connectivity index (χ0) is 8.53. The Hall–Kier alpha value is -0.580. The lowest BCUT2D eigenvalue weighted by Gasteiger charge is -1.84. The predicted octanol–water partition coefficient (Wildman–Crippen LogP) is 2.59. The minimum absolute atomic E-state index is 0.526. The lowest BCUT2D eigenvalue weighted by atomic mass is 10.5. The number of allylic oxidation sites excluding steroid dienone is 4. The fourth-order valence-electron chi connectivity index (χ4n) is 0.403. The number of rotatable bonds is 4. The summed E-state index contributed by atoms with van der Waals surface area (Å²) in [6.45, 7) is 1.94. The van der Waals surface area contributed by atoms with Crippen LogP contribution in [0.25, 0.3) is 0 Å². The lowest BCUT2D eigenvalue weighted by Crippen LogP contribution is -1.89. The van der Waals surface area contributed by atoms with E-state index in [0.717, 1.165) is 0 Å². The summed E-state index contributed by atoms with van der Waals surface area (Å²) in [7, 11) is 0. The highest BCUT2D eigenvalue weighted by molar-refractivity contribution is 14.1. The van der Waals surface area contributed by atoms with E-state index in [1.807, 2.05) is 53.9 Å². The predicted molar refractivity (Wildman–Crippen MR) is 58.0 cm³/mol. The quantitative estimate of drug-likeness (QED) is 0.456. The Labute approximate surface area is 80.7 Å². The van der Waals surface area contributed by atoms with Crippen LogP contribution in [0.5, 0.6) is 0 Å². The average Bonchev–Trinajstić information content (AvgIpc) is 1.96. The molecule has 11 heavy (non-hydrogen) atoms. The molecule has 0 aromatic heterocycles.